The minimum absolute atomic E-state index is 0.107. The Bertz CT molecular complexity index is 783. The fourth-order valence-electron chi connectivity index (χ4n) is 2.27. The Morgan fingerprint density at radius 3 is 3.04 bits per heavy atom. The maximum absolute atomic E-state index is 12.1. The second-order valence-corrected chi connectivity index (χ2v) is 7.83. The summed E-state index contributed by atoms with van der Waals surface area (Å²) in [4.78, 5) is 13.9. The Kier molecular flexibility index (Phi) is 5.89. The van der Waals surface area contributed by atoms with Crippen molar-refractivity contribution in [3.05, 3.63) is 29.8 Å². The molecular formula is C17H18N4O2S2. The van der Waals surface area contributed by atoms with Gasteiger partial charge in [0.2, 0.25) is 11.0 Å². The highest BCUT2D eigenvalue weighted by Gasteiger charge is 2.35. The van der Waals surface area contributed by atoms with Crippen molar-refractivity contribution >= 4 is 34.1 Å². The number of rotatable bonds is 8. The van der Waals surface area contributed by atoms with Crippen molar-refractivity contribution in [3.8, 4) is 11.8 Å². The number of hydrogen-bond donors (Lipinski definition) is 0. The van der Waals surface area contributed by atoms with E-state index in [1.807, 2.05) is 13.0 Å². The van der Waals surface area contributed by atoms with Crippen LogP contribution in [-0.2, 0) is 4.79 Å². The molecule has 0 spiro atoms. The van der Waals surface area contributed by atoms with Crippen LogP contribution in [0.25, 0.3) is 0 Å². The maximum Gasteiger partial charge on any atom is 0.228 e. The molecule has 0 atom stereocenters. The Morgan fingerprint density at radius 2 is 2.32 bits per heavy atom. The number of aromatic nitrogens is 2. The summed E-state index contributed by atoms with van der Waals surface area (Å²) in [5, 5.41) is 17.9. The van der Waals surface area contributed by atoms with Crippen molar-refractivity contribution in [2.24, 2.45) is 0 Å². The first-order valence-electron chi connectivity index (χ1n) is 8.12. The molecule has 0 bridgehead atoms. The van der Waals surface area contributed by atoms with E-state index in [-0.39, 0.29) is 5.91 Å². The first-order valence-corrected chi connectivity index (χ1v) is 9.92. The van der Waals surface area contributed by atoms with E-state index in [2.05, 4.69) is 16.3 Å². The van der Waals surface area contributed by atoms with Gasteiger partial charge in [-0.3, -0.25) is 9.69 Å². The second kappa shape index (κ2) is 8.32. The molecule has 6 nitrogen and oxygen atoms in total. The lowest BCUT2D eigenvalue weighted by Gasteiger charge is -2.17. The van der Waals surface area contributed by atoms with Gasteiger partial charge in [0.15, 0.2) is 4.34 Å². The van der Waals surface area contributed by atoms with Gasteiger partial charge >= 0.3 is 0 Å². The van der Waals surface area contributed by atoms with Gasteiger partial charge < -0.3 is 4.74 Å². The van der Waals surface area contributed by atoms with Crippen molar-refractivity contribution in [3.63, 3.8) is 0 Å². The number of ether oxygens (including phenoxy) is 1. The number of thioether (sulfide) groups is 1. The van der Waals surface area contributed by atoms with Gasteiger partial charge in [-0.15, -0.1) is 10.2 Å². The highest BCUT2D eigenvalue weighted by Crippen LogP contribution is 2.36. The van der Waals surface area contributed by atoms with Crippen LogP contribution in [-0.4, -0.2) is 34.5 Å². The van der Waals surface area contributed by atoms with Crippen LogP contribution in [0.4, 0.5) is 5.13 Å². The largest absolute Gasteiger partial charge is 0.493 e. The van der Waals surface area contributed by atoms with Crippen LogP contribution in [0.2, 0.25) is 0 Å². The molecule has 1 aliphatic rings. The highest BCUT2D eigenvalue weighted by atomic mass is 32.2. The van der Waals surface area contributed by atoms with Crippen molar-refractivity contribution in [1.29, 1.82) is 5.26 Å². The monoisotopic (exact) mass is 374 g/mol. The van der Waals surface area contributed by atoms with E-state index in [4.69, 9.17) is 10.00 Å². The number of hydrogen-bond acceptors (Lipinski definition) is 7. The number of amides is 1. The number of benzene rings is 1. The van der Waals surface area contributed by atoms with E-state index >= 15 is 0 Å². The molecular weight excluding hydrogens is 356 g/mol. The zero-order valence-corrected chi connectivity index (χ0v) is 15.5. The van der Waals surface area contributed by atoms with Gasteiger partial charge in [-0.05, 0) is 31.0 Å². The summed E-state index contributed by atoms with van der Waals surface area (Å²) in [6.07, 6.45) is 2.57. The fraction of sp³-hybridized carbons (Fsp3) is 0.412. The summed E-state index contributed by atoms with van der Waals surface area (Å²) in [6.45, 7) is 2.38. The van der Waals surface area contributed by atoms with Gasteiger partial charge in [-0.1, -0.05) is 36.1 Å². The number of nitrogens with zero attached hydrogens (tertiary/aromatic N) is 4. The minimum Gasteiger partial charge on any atom is -0.493 e. The number of nitriles is 1. The van der Waals surface area contributed by atoms with E-state index in [1.54, 1.807) is 34.9 Å². The van der Waals surface area contributed by atoms with E-state index in [0.29, 0.717) is 35.5 Å². The van der Waals surface area contributed by atoms with E-state index in [0.717, 1.165) is 22.9 Å². The average Bonchev–Trinajstić information content (AvgIpc) is 3.37. The Balaban J connectivity index is 1.50. The summed E-state index contributed by atoms with van der Waals surface area (Å²) >= 11 is 3.01. The van der Waals surface area contributed by atoms with Gasteiger partial charge in [-0.25, -0.2) is 0 Å². The van der Waals surface area contributed by atoms with Gasteiger partial charge in [0.1, 0.15) is 5.75 Å². The molecule has 1 heterocycles. The van der Waals surface area contributed by atoms with Crippen LogP contribution in [0.15, 0.2) is 28.6 Å². The lowest BCUT2D eigenvalue weighted by Crippen LogP contribution is -2.32. The predicted molar refractivity (Wildman–Crippen MR) is 98.1 cm³/mol. The Labute approximate surface area is 154 Å². The van der Waals surface area contributed by atoms with Gasteiger partial charge in [-0.2, -0.15) is 5.26 Å². The van der Waals surface area contributed by atoms with E-state index < -0.39 is 0 Å². The van der Waals surface area contributed by atoms with Crippen LogP contribution in [0.5, 0.6) is 5.75 Å². The molecule has 3 rings (SSSR count). The zero-order chi connectivity index (χ0) is 17.6. The predicted octanol–water partition coefficient (Wildman–Crippen LogP) is 3.49. The van der Waals surface area contributed by atoms with Crippen molar-refractivity contribution < 1.29 is 9.53 Å². The van der Waals surface area contributed by atoms with Gasteiger partial charge in [0.25, 0.3) is 0 Å². The molecule has 2 aromatic rings. The second-order valence-electron chi connectivity index (χ2n) is 5.54. The number of carbonyl (C=O) groups excluding carboxylic acids is 1. The van der Waals surface area contributed by atoms with Crippen LogP contribution in [0.3, 0.4) is 0 Å². The first kappa shape index (κ1) is 17.7. The third-order valence-electron chi connectivity index (χ3n) is 3.63. The SMILES string of the molecule is CCC(=O)N(c1nnc(SCCOc2cccc(C#N)c2)s1)C1CC1. The molecule has 25 heavy (non-hydrogen) atoms. The standard InChI is InChI=1S/C17H18N4O2S2/c1-2-15(22)21(13-6-7-13)16-19-20-17(25-16)24-9-8-23-14-5-3-4-12(10-14)11-18/h3-5,10,13H,2,6-9H2,1H3. The molecule has 1 aliphatic carbocycles. The average molecular weight is 374 g/mol. The topological polar surface area (TPSA) is 79.1 Å². The third kappa shape index (κ3) is 4.71. The highest BCUT2D eigenvalue weighted by molar-refractivity contribution is 8.01. The van der Waals surface area contributed by atoms with Gasteiger partial charge in [0, 0.05) is 18.2 Å². The third-order valence-corrected chi connectivity index (χ3v) is 5.65. The van der Waals surface area contributed by atoms with E-state index in [9.17, 15) is 4.79 Å². The van der Waals surface area contributed by atoms with Crippen molar-refractivity contribution in [1.82, 2.24) is 10.2 Å². The van der Waals surface area contributed by atoms with Crippen LogP contribution >= 0.6 is 23.1 Å². The molecule has 1 amide bonds. The number of anilines is 1. The normalized spacial score (nSPS) is 13.3. The number of carbonyl (C=O) groups is 1. The van der Waals surface area contributed by atoms with Crippen LogP contribution < -0.4 is 9.64 Å². The van der Waals surface area contributed by atoms with Crippen LogP contribution in [0.1, 0.15) is 31.7 Å². The fourth-order valence-corrected chi connectivity index (χ4v) is 4.09. The molecule has 1 aromatic carbocycles. The molecule has 1 fully saturated rings. The minimum atomic E-state index is 0.107. The van der Waals surface area contributed by atoms with Crippen molar-refractivity contribution in [2.75, 3.05) is 17.3 Å². The molecule has 0 saturated heterocycles. The molecule has 1 saturated carbocycles. The maximum atomic E-state index is 12.1. The lowest BCUT2D eigenvalue weighted by atomic mass is 10.2. The summed E-state index contributed by atoms with van der Waals surface area (Å²) in [6, 6.07) is 9.49. The zero-order valence-electron chi connectivity index (χ0n) is 13.8. The van der Waals surface area contributed by atoms with Crippen molar-refractivity contribution in [2.45, 2.75) is 36.6 Å². The summed E-state index contributed by atoms with van der Waals surface area (Å²) in [5.74, 6) is 1.51. The Morgan fingerprint density at radius 1 is 1.48 bits per heavy atom. The summed E-state index contributed by atoms with van der Waals surface area (Å²) < 4.78 is 6.48. The molecule has 130 valence electrons. The first-order chi connectivity index (χ1) is 12.2. The molecule has 0 radical (unpaired) electrons. The Hall–Kier alpha value is -2.11. The molecule has 0 aliphatic heterocycles. The van der Waals surface area contributed by atoms with Gasteiger partial charge in [0.05, 0.1) is 18.2 Å². The summed E-state index contributed by atoms with van der Waals surface area (Å²) in [5.41, 5.74) is 0.583. The summed E-state index contributed by atoms with van der Waals surface area (Å²) in [7, 11) is 0. The molecule has 0 N–H and O–H groups in total. The molecule has 8 heteroatoms. The molecule has 1 aromatic heterocycles. The quantitative estimate of drug-likeness (QED) is 0.400. The lowest BCUT2D eigenvalue weighted by molar-refractivity contribution is -0.118. The molecule has 0 unspecified atom stereocenters. The smallest absolute Gasteiger partial charge is 0.228 e. The van der Waals surface area contributed by atoms with Crippen LogP contribution in [0, 0.1) is 11.3 Å². The van der Waals surface area contributed by atoms with E-state index in [1.165, 1.54) is 11.3 Å².